The van der Waals surface area contributed by atoms with Gasteiger partial charge < -0.3 is 10.1 Å². The van der Waals surface area contributed by atoms with Crippen LogP contribution in [0, 0.1) is 11.6 Å². The van der Waals surface area contributed by atoms with Crippen LogP contribution in [0.5, 0.6) is 0 Å². The molecule has 1 amide bonds. The maximum atomic E-state index is 13.8. The third kappa shape index (κ3) is 5.49. The lowest BCUT2D eigenvalue weighted by Crippen LogP contribution is -2.36. The molecule has 1 unspecified atom stereocenters. The molecule has 0 bridgehead atoms. The molecule has 1 N–H and O–H groups in total. The SMILES string of the molecule is CC(=O)CC(NC(=O)OC(C)(C)C)c1c(F)cccc1F. The Morgan fingerprint density at radius 1 is 1.24 bits per heavy atom. The number of hydrogen-bond donors (Lipinski definition) is 1. The van der Waals surface area contributed by atoms with Crippen molar-refractivity contribution in [1.82, 2.24) is 5.32 Å². The average Bonchev–Trinajstić information content (AvgIpc) is 2.24. The standard InChI is InChI=1S/C15H19F2NO3/c1-9(19)8-12(18-14(20)21-15(2,3)4)13-10(16)6-5-7-11(13)17/h5-7,12H,8H2,1-4H3,(H,18,20). The lowest BCUT2D eigenvalue weighted by Gasteiger charge is -2.24. The van der Waals surface area contributed by atoms with E-state index in [0.29, 0.717) is 0 Å². The van der Waals surface area contributed by atoms with Crippen LogP contribution in [-0.2, 0) is 9.53 Å². The van der Waals surface area contributed by atoms with Crippen LogP contribution in [0.25, 0.3) is 0 Å². The third-order valence-corrected chi connectivity index (χ3v) is 2.53. The van der Waals surface area contributed by atoms with E-state index in [1.165, 1.54) is 13.0 Å². The van der Waals surface area contributed by atoms with Crippen molar-refractivity contribution in [3.8, 4) is 0 Å². The summed E-state index contributed by atoms with van der Waals surface area (Å²) in [5.41, 5.74) is -1.10. The summed E-state index contributed by atoms with van der Waals surface area (Å²) >= 11 is 0. The maximum Gasteiger partial charge on any atom is 0.408 e. The van der Waals surface area contributed by atoms with Crippen molar-refractivity contribution in [3.63, 3.8) is 0 Å². The fraction of sp³-hybridized carbons (Fsp3) is 0.467. The molecule has 4 nitrogen and oxygen atoms in total. The fourth-order valence-corrected chi connectivity index (χ4v) is 1.81. The average molecular weight is 299 g/mol. The molecule has 0 aliphatic carbocycles. The van der Waals surface area contributed by atoms with E-state index in [1.54, 1.807) is 20.8 Å². The molecule has 0 fully saturated rings. The van der Waals surface area contributed by atoms with Gasteiger partial charge in [0, 0.05) is 12.0 Å². The van der Waals surface area contributed by atoms with Gasteiger partial charge in [-0.15, -0.1) is 0 Å². The lowest BCUT2D eigenvalue weighted by atomic mass is 10.0. The number of ether oxygens (including phenoxy) is 1. The zero-order valence-electron chi connectivity index (χ0n) is 12.5. The molecule has 116 valence electrons. The number of carbonyl (C=O) groups is 2. The van der Waals surface area contributed by atoms with E-state index < -0.39 is 29.4 Å². The number of benzene rings is 1. The summed E-state index contributed by atoms with van der Waals surface area (Å²) in [7, 11) is 0. The quantitative estimate of drug-likeness (QED) is 0.925. The highest BCUT2D eigenvalue weighted by atomic mass is 19.1. The van der Waals surface area contributed by atoms with Crippen molar-refractivity contribution >= 4 is 11.9 Å². The van der Waals surface area contributed by atoms with Gasteiger partial charge >= 0.3 is 6.09 Å². The number of ketones is 1. The normalized spacial score (nSPS) is 12.7. The van der Waals surface area contributed by atoms with Gasteiger partial charge in [0.15, 0.2) is 0 Å². The molecule has 0 aromatic heterocycles. The second kappa shape index (κ2) is 6.65. The Balaban J connectivity index is 3.01. The number of amides is 1. The summed E-state index contributed by atoms with van der Waals surface area (Å²) in [5, 5.41) is 2.34. The summed E-state index contributed by atoms with van der Waals surface area (Å²) in [6.45, 7) is 6.27. The van der Waals surface area contributed by atoms with Gasteiger partial charge in [-0.05, 0) is 39.8 Å². The summed E-state index contributed by atoms with van der Waals surface area (Å²) in [5.74, 6) is -1.95. The van der Waals surface area contributed by atoms with Crippen molar-refractivity contribution in [2.24, 2.45) is 0 Å². The van der Waals surface area contributed by atoms with Crippen LogP contribution in [0.2, 0.25) is 0 Å². The Labute approximate surface area is 122 Å². The molecule has 1 aromatic rings. The third-order valence-electron chi connectivity index (χ3n) is 2.53. The van der Waals surface area contributed by atoms with Crippen LogP contribution in [0.4, 0.5) is 13.6 Å². The first kappa shape index (κ1) is 17.1. The molecule has 0 saturated heterocycles. The summed E-state index contributed by atoms with van der Waals surface area (Å²) in [6.07, 6.45) is -1.06. The van der Waals surface area contributed by atoms with Gasteiger partial charge in [0.05, 0.1) is 6.04 Å². The van der Waals surface area contributed by atoms with Crippen LogP contribution in [0.15, 0.2) is 18.2 Å². The first-order valence-electron chi connectivity index (χ1n) is 6.53. The lowest BCUT2D eigenvalue weighted by molar-refractivity contribution is -0.117. The number of rotatable bonds is 4. The van der Waals surface area contributed by atoms with Crippen LogP contribution >= 0.6 is 0 Å². The molecule has 0 radical (unpaired) electrons. The number of alkyl carbamates (subject to hydrolysis) is 1. The number of hydrogen-bond acceptors (Lipinski definition) is 3. The highest BCUT2D eigenvalue weighted by molar-refractivity contribution is 5.77. The van der Waals surface area contributed by atoms with E-state index in [0.717, 1.165) is 12.1 Å². The van der Waals surface area contributed by atoms with Gasteiger partial charge in [0.1, 0.15) is 23.0 Å². The topological polar surface area (TPSA) is 55.4 Å². The number of nitrogens with one attached hydrogen (secondary N) is 1. The van der Waals surface area contributed by atoms with Crippen LogP contribution < -0.4 is 5.32 Å². The Kier molecular flexibility index (Phi) is 5.41. The van der Waals surface area contributed by atoms with Crippen molar-refractivity contribution < 1.29 is 23.1 Å². The fourth-order valence-electron chi connectivity index (χ4n) is 1.81. The molecule has 1 aromatic carbocycles. The van der Waals surface area contributed by atoms with E-state index in [9.17, 15) is 18.4 Å². The van der Waals surface area contributed by atoms with Crippen molar-refractivity contribution in [3.05, 3.63) is 35.4 Å². The molecular formula is C15H19F2NO3. The van der Waals surface area contributed by atoms with E-state index >= 15 is 0 Å². The predicted molar refractivity (Wildman–Crippen MR) is 73.8 cm³/mol. The number of halogens is 2. The summed E-state index contributed by atoms with van der Waals surface area (Å²) in [6, 6.07) is 2.25. The van der Waals surface area contributed by atoms with E-state index in [2.05, 4.69) is 5.32 Å². The minimum atomic E-state index is -1.11. The highest BCUT2D eigenvalue weighted by Crippen LogP contribution is 2.24. The van der Waals surface area contributed by atoms with E-state index in [4.69, 9.17) is 4.74 Å². The smallest absolute Gasteiger partial charge is 0.408 e. The summed E-state index contributed by atoms with van der Waals surface area (Å²) in [4.78, 5) is 23.0. The van der Waals surface area contributed by atoms with Crippen LogP contribution in [-0.4, -0.2) is 17.5 Å². The van der Waals surface area contributed by atoms with Crippen LogP contribution in [0.3, 0.4) is 0 Å². The Hall–Kier alpha value is -1.98. The minimum Gasteiger partial charge on any atom is -0.444 e. The molecule has 0 saturated carbocycles. The first-order valence-corrected chi connectivity index (χ1v) is 6.53. The van der Waals surface area contributed by atoms with Gasteiger partial charge in [0.2, 0.25) is 0 Å². The van der Waals surface area contributed by atoms with E-state index in [-0.39, 0.29) is 17.8 Å². The minimum absolute atomic E-state index is 0.225. The van der Waals surface area contributed by atoms with Crippen LogP contribution in [0.1, 0.15) is 45.7 Å². The zero-order valence-corrected chi connectivity index (χ0v) is 12.5. The Morgan fingerprint density at radius 3 is 2.19 bits per heavy atom. The van der Waals surface area contributed by atoms with Gasteiger partial charge in [-0.25, -0.2) is 13.6 Å². The molecular weight excluding hydrogens is 280 g/mol. The Morgan fingerprint density at radius 2 is 1.76 bits per heavy atom. The molecule has 0 aliphatic rings. The number of carbonyl (C=O) groups excluding carboxylic acids is 2. The largest absolute Gasteiger partial charge is 0.444 e. The Bertz CT molecular complexity index is 518. The van der Waals surface area contributed by atoms with Gasteiger partial charge in [-0.3, -0.25) is 4.79 Å². The molecule has 0 aliphatic heterocycles. The molecule has 0 spiro atoms. The predicted octanol–water partition coefficient (Wildman–Crippen LogP) is 3.51. The highest BCUT2D eigenvalue weighted by Gasteiger charge is 2.25. The number of Topliss-reactive ketones (excluding diaryl/α,β-unsaturated/α-hetero) is 1. The van der Waals surface area contributed by atoms with Gasteiger partial charge in [-0.1, -0.05) is 6.07 Å². The van der Waals surface area contributed by atoms with Gasteiger partial charge in [0.25, 0.3) is 0 Å². The maximum absolute atomic E-state index is 13.8. The van der Waals surface area contributed by atoms with E-state index in [1.807, 2.05) is 0 Å². The monoisotopic (exact) mass is 299 g/mol. The summed E-state index contributed by atoms with van der Waals surface area (Å²) < 4.78 is 32.6. The molecule has 1 atom stereocenters. The van der Waals surface area contributed by atoms with Gasteiger partial charge in [-0.2, -0.15) is 0 Å². The first-order chi connectivity index (χ1) is 9.60. The zero-order chi connectivity index (χ0) is 16.2. The van der Waals surface area contributed by atoms with Crippen molar-refractivity contribution in [2.45, 2.75) is 45.8 Å². The molecule has 21 heavy (non-hydrogen) atoms. The molecule has 0 heterocycles. The second-order valence-electron chi connectivity index (χ2n) is 5.74. The second-order valence-corrected chi connectivity index (χ2v) is 5.74. The molecule has 1 rings (SSSR count). The van der Waals surface area contributed by atoms with Crippen molar-refractivity contribution in [1.29, 1.82) is 0 Å². The molecule has 6 heteroatoms. The van der Waals surface area contributed by atoms with Crippen molar-refractivity contribution in [2.75, 3.05) is 0 Å².